The molecule has 0 N–H and O–H groups in total. The van der Waals surface area contributed by atoms with E-state index in [4.69, 9.17) is 21.4 Å². The number of benzene rings is 4. The molecule has 7 rings (SSSR count). The third-order valence-electron chi connectivity index (χ3n) is 7.00. The number of aromatic nitrogens is 5. The van der Waals surface area contributed by atoms with Crippen LogP contribution in [0.4, 0.5) is 4.39 Å². The Morgan fingerprint density at radius 2 is 1.69 bits per heavy atom. The average molecular weight is 632 g/mol. The van der Waals surface area contributed by atoms with Gasteiger partial charge >= 0.3 is 0 Å². The van der Waals surface area contributed by atoms with Gasteiger partial charge in [-0.05, 0) is 60.2 Å². The van der Waals surface area contributed by atoms with E-state index in [0.29, 0.717) is 38.4 Å². The number of thiazole rings is 1. The quantitative estimate of drug-likeness (QED) is 0.179. The second-order valence-electron chi connectivity index (χ2n) is 10.1. The lowest BCUT2D eigenvalue weighted by atomic mass is 10.1. The van der Waals surface area contributed by atoms with Gasteiger partial charge in [0.05, 0.1) is 10.2 Å². The lowest BCUT2D eigenvalue weighted by Crippen LogP contribution is -2.23. The number of hydrogen-bond donors (Lipinski definition) is 0. The summed E-state index contributed by atoms with van der Waals surface area (Å²) in [6, 6.07) is 31.1. The number of nitrogens with zero attached hydrogens (tertiary/aromatic N) is 5. The minimum Gasteiger partial charge on any atom is -0.489 e. The van der Waals surface area contributed by atoms with Gasteiger partial charge in [0.25, 0.3) is 5.56 Å². The van der Waals surface area contributed by atoms with Gasteiger partial charge in [0, 0.05) is 27.9 Å². The van der Waals surface area contributed by atoms with Gasteiger partial charge in [-0.2, -0.15) is 14.6 Å². The van der Waals surface area contributed by atoms with E-state index in [1.165, 1.54) is 28.0 Å². The maximum absolute atomic E-state index is 13.4. The van der Waals surface area contributed by atoms with Crippen molar-refractivity contribution in [2.45, 2.75) is 6.61 Å². The Bertz CT molecular complexity index is 2280. The van der Waals surface area contributed by atoms with E-state index in [0.717, 1.165) is 27.9 Å². The molecule has 0 aliphatic heterocycles. The van der Waals surface area contributed by atoms with Crippen molar-refractivity contribution in [1.82, 2.24) is 24.4 Å². The monoisotopic (exact) mass is 631 g/mol. The first-order valence-electron chi connectivity index (χ1n) is 14.0. The molecule has 4 aromatic carbocycles. The Kier molecular flexibility index (Phi) is 7.77. The third kappa shape index (κ3) is 6.17. The van der Waals surface area contributed by atoms with Crippen LogP contribution < -0.4 is 14.8 Å². The van der Waals surface area contributed by atoms with Crippen molar-refractivity contribution in [2.24, 2.45) is 0 Å². The van der Waals surface area contributed by atoms with Gasteiger partial charge in [-0.1, -0.05) is 89.7 Å². The molecule has 0 aliphatic rings. The van der Waals surface area contributed by atoms with Crippen LogP contribution in [0.2, 0.25) is 5.02 Å². The molecule has 0 saturated carbocycles. The fraction of sp³-hybridized carbons (Fsp3) is 0.0286. The van der Waals surface area contributed by atoms with Crippen molar-refractivity contribution in [3.05, 3.63) is 158 Å². The largest absolute Gasteiger partial charge is 0.489 e. The Hall–Kier alpha value is -5.38. The molecule has 3 aromatic heterocycles. The summed E-state index contributed by atoms with van der Waals surface area (Å²) in [5.41, 5.74) is 4.55. The lowest BCUT2D eigenvalue weighted by Gasteiger charge is -2.09. The molecule has 10 heteroatoms. The van der Waals surface area contributed by atoms with Gasteiger partial charge in [-0.15, -0.1) is 5.10 Å². The summed E-state index contributed by atoms with van der Waals surface area (Å²) in [5.74, 6) is 0.747. The van der Waals surface area contributed by atoms with Crippen LogP contribution in [0.15, 0.2) is 114 Å². The molecule has 0 aliphatic carbocycles. The Balaban J connectivity index is 1.24. The van der Waals surface area contributed by atoms with E-state index in [1.54, 1.807) is 29.0 Å². The van der Waals surface area contributed by atoms with Crippen molar-refractivity contribution in [3.63, 3.8) is 0 Å². The predicted octanol–water partition coefficient (Wildman–Crippen LogP) is 7.09. The first kappa shape index (κ1) is 28.4. The van der Waals surface area contributed by atoms with Crippen LogP contribution >= 0.6 is 22.9 Å². The number of fused-ring (bicyclic) bond motifs is 1. The van der Waals surface area contributed by atoms with Crippen LogP contribution in [0.25, 0.3) is 40.1 Å². The zero-order valence-electron chi connectivity index (χ0n) is 23.5. The molecular formula is C35H23ClFN5O2S. The molecule has 45 heavy (non-hydrogen) atoms. The maximum Gasteiger partial charge on any atom is 0.291 e. The van der Waals surface area contributed by atoms with Gasteiger partial charge in [-0.3, -0.25) is 4.79 Å². The molecule has 0 bridgehead atoms. The number of rotatable bonds is 8. The summed E-state index contributed by atoms with van der Waals surface area (Å²) in [6.45, 7) is 0.323. The summed E-state index contributed by atoms with van der Waals surface area (Å²) < 4.78 is 22.8. The summed E-state index contributed by atoms with van der Waals surface area (Å²) >= 11 is 7.56. The van der Waals surface area contributed by atoms with Gasteiger partial charge in [0.2, 0.25) is 4.96 Å². The Morgan fingerprint density at radius 3 is 2.49 bits per heavy atom. The smallest absolute Gasteiger partial charge is 0.291 e. The maximum atomic E-state index is 13.4. The normalized spacial score (nSPS) is 12.0. The molecular weight excluding hydrogens is 609 g/mol. The van der Waals surface area contributed by atoms with Crippen LogP contribution in [-0.2, 0) is 6.61 Å². The van der Waals surface area contributed by atoms with Crippen molar-refractivity contribution in [3.8, 4) is 22.7 Å². The Morgan fingerprint density at radius 1 is 0.889 bits per heavy atom. The first-order chi connectivity index (χ1) is 22.0. The minimum atomic E-state index is -0.306. The molecule has 0 saturated heterocycles. The number of halogens is 2. The van der Waals surface area contributed by atoms with Gasteiger partial charge < -0.3 is 4.74 Å². The van der Waals surface area contributed by atoms with E-state index < -0.39 is 0 Å². The fourth-order valence-corrected chi connectivity index (χ4v) is 5.84. The second kappa shape index (κ2) is 12.3. The highest BCUT2D eigenvalue weighted by atomic mass is 35.5. The van der Waals surface area contributed by atoms with Gasteiger partial charge in [0.1, 0.15) is 23.9 Å². The van der Waals surface area contributed by atoms with Crippen LogP contribution in [0.3, 0.4) is 0 Å². The number of hydrogen-bond acceptors (Lipinski definition) is 6. The predicted molar refractivity (Wildman–Crippen MR) is 176 cm³/mol. The van der Waals surface area contributed by atoms with E-state index >= 15 is 0 Å². The van der Waals surface area contributed by atoms with Crippen LogP contribution in [-0.4, -0.2) is 24.4 Å². The highest BCUT2D eigenvalue weighted by Crippen LogP contribution is 2.28. The molecule has 0 amide bonds. The molecule has 0 fully saturated rings. The van der Waals surface area contributed by atoms with Crippen LogP contribution in [0.5, 0.6) is 5.75 Å². The summed E-state index contributed by atoms with van der Waals surface area (Å²) in [5, 5.41) is 9.93. The zero-order valence-corrected chi connectivity index (χ0v) is 25.1. The average Bonchev–Trinajstić information content (AvgIpc) is 3.75. The van der Waals surface area contributed by atoms with Crippen molar-refractivity contribution in [2.75, 3.05) is 0 Å². The molecule has 220 valence electrons. The third-order valence-corrected chi connectivity index (χ3v) is 8.33. The molecule has 7 nitrogen and oxygen atoms in total. The molecule has 0 unspecified atom stereocenters. The zero-order chi connectivity index (χ0) is 30.8. The van der Waals surface area contributed by atoms with Crippen molar-refractivity contribution >= 4 is 46.1 Å². The lowest BCUT2D eigenvalue weighted by molar-refractivity contribution is 0.306. The minimum absolute atomic E-state index is 0.279. The molecule has 0 radical (unpaired) electrons. The fourth-order valence-electron chi connectivity index (χ4n) is 4.75. The number of ether oxygens (including phenoxy) is 1. The first-order valence-corrected chi connectivity index (χ1v) is 15.2. The standard InChI is InChI=1S/C35H23ClFN5O2S/c36-30-12-5-4-7-25(30)22-44-29-11-6-8-24(19-29)33-26(21-41(40-33)28-9-2-1-3-10-28)20-31-34(43)42-35(45-31)38-32(39-42)18-15-23-13-16-27(37)17-14-23/h1-21H,22H2/b18-15+,31-20-. The second-order valence-corrected chi connectivity index (χ2v) is 11.5. The topological polar surface area (TPSA) is 74.3 Å². The van der Waals surface area contributed by atoms with Crippen molar-refractivity contribution < 1.29 is 9.13 Å². The van der Waals surface area contributed by atoms with Gasteiger partial charge in [-0.25, -0.2) is 9.07 Å². The Labute approximate surface area is 265 Å². The molecule has 0 atom stereocenters. The van der Waals surface area contributed by atoms with E-state index in [2.05, 4.69) is 10.1 Å². The highest BCUT2D eigenvalue weighted by Gasteiger charge is 2.15. The van der Waals surface area contributed by atoms with E-state index in [-0.39, 0.29) is 11.4 Å². The molecule has 7 aromatic rings. The molecule has 0 spiro atoms. The van der Waals surface area contributed by atoms with Crippen molar-refractivity contribution in [1.29, 1.82) is 0 Å². The SMILES string of the molecule is O=c1/c(=C/c2cn(-c3ccccc3)nc2-c2cccc(OCc3ccccc3Cl)c2)sc2nc(/C=C/c3ccc(F)cc3)nn12. The number of para-hydroxylation sites is 1. The summed E-state index contributed by atoms with van der Waals surface area (Å²) in [7, 11) is 0. The molecule has 3 heterocycles. The summed E-state index contributed by atoms with van der Waals surface area (Å²) in [4.78, 5) is 18.4. The van der Waals surface area contributed by atoms with Crippen LogP contribution in [0, 0.1) is 5.82 Å². The van der Waals surface area contributed by atoms with E-state index in [1.807, 2.05) is 91.1 Å². The highest BCUT2D eigenvalue weighted by molar-refractivity contribution is 7.15. The van der Waals surface area contributed by atoms with Gasteiger partial charge in [0.15, 0.2) is 5.82 Å². The van der Waals surface area contributed by atoms with Crippen LogP contribution in [0.1, 0.15) is 22.5 Å². The summed E-state index contributed by atoms with van der Waals surface area (Å²) in [6.07, 6.45) is 7.18. The van der Waals surface area contributed by atoms with E-state index in [9.17, 15) is 9.18 Å².